The second-order valence-corrected chi connectivity index (χ2v) is 10.8. The van der Waals surface area contributed by atoms with E-state index >= 15 is 0 Å². The lowest BCUT2D eigenvalue weighted by molar-refractivity contribution is 0.171. The molecule has 7 nitrogen and oxygen atoms in total. The fourth-order valence-electron chi connectivity index (χ4n) is 5.14. The molecule has 9 heteroatoms. The summed E-state index contributed by atoms with van der Waals surface area (Å²) in [5.41, 5.74) is 0. The number of nitrogens with zero attached hydrogens (tertiary/aromatic N) is 2. The Kier molecular flexibility index (Phi) is 5.08. The van der Waals surface area contributed by atoms with E-state index in [-0.39, 0.29) is 4.90 Å². The van der Waals surface area contributed by atoms with Crippen molar-refractivity contribution >= 4 is 27.4 Å². The second-order valence-electron chi connectivity index (χ2n) is 8.43. The number of ether oxygens (including phenoxy) is 2. The molecular formula is C20H27N3O4S2. The fraction of sp³-hybridized carbons (Fsp3) is 0.650. The van der Waals surface area contributed by atoms with Crippen LogP contribution in [0.5, 0.6) is 11.5 Å². The number of hydrogen-bond acceptors (Lipinski definition) is 5. The number of benzene rings is 1. The van der Waals surface area contributed by atoms with Gasteiger partial charge in [0.15, 0.2) is 16.6 Å². The summed E-state index contributed by atoms with van der Waals surface area (Å²) in [6.45, 7) is 2.98. The number of thiocarbonyl (C=S) groups is 1. The van der Waals surface area contributed by atoms with Gasteiger partial charge in [0.05, 0.1) is 4.90 Å². The smallest absolute Gasteiger partial charge is 0.243 e. The zero-order chi connectivity index (χ0) is 20.0. The number of rotatable bonds is 3. The molecule has 2 saturated carbocycles. The van der Waals surface area contributed by atoms with E-state index in [1.807, 2.05) is 0 Å². The van der Waals surface area contributed by atoms with Gasteiger partial charge in [-0.15, -0.1) is 0 Å². The molecule has 2 aliphatic carbocycles. The third-order valence-electron chi connectivity index (χ3n) is 6.72. The van der Waals surface area contributed by atoms with Gasteiger partial charge in [0.2, 0.25) is 10.0 Å². The largest absolute Gasteiger partial charge is 0.486 e. The summed E-state index contributed by atoms with van der Waals surface area (Å²) in [4.78, 5) is 2.36. The molecule has 1 aromatic carbocycles. The highest BCUT2D eigenvalue weighted by Gasteiger charge is 2.40. The van der Waals surface area contributed by atoms with E-state index < -0.39 is 10.0 Å². The standard InChI is InChI=1S/C20H27N3O4S2/c24-29(25,16-3-4-18-19(13-16)27-10-9-26-18)23-7-5-22(6-8-23)20(28)21-17-12-14-1-2-15(17)11-14/h3-4,13-15,17H,1-2,5-12H2,(H,21,28)/t14-,15+,17+/m1/s1. The number of sulfonamides is 1. The summed E-state index contributed by atoms with van der Waals surface area (Å²) in [6.07, 6.45) is 5.24. The Labute approximate surface area is 177 Å². The molecule has 1 aromatic rings. The molecule has 158 valence electrons. The van der Waals surface area contributed by atoms with Gasteiger partial charge in [0.25, 0.3) is 0 Å². The fourth-order valence-corrected chi connectivity index (χ4v) is 6.91. The maximum Gasteiger partial charge on any atom is 0.243 e. The molecule has 0 aromatic heterocycles. The Balaban J connectivity index is 1.20. The highest BCUT2D eigenvalue weighted by molar-refractivity contribution is 7.89. The van der Waals surface area contributed by atoms with Gasteiger partial charge in [-0.05, 0) is 55.4 Å². The van der Waals surface area contributed by atoms with Crippen LogP contribution in [0.1, 0.15) is 25.7 Å². The highest BCUT2D eigenvalue weighted by atomic mass is 32.2. The van der Waals surface area contributed by atoms with Crippen LogP contribution in [0, 0.1) is 11.8 Å². The van der Waals surface area contributed by atoms with Crippen LogP contribution in [0.2, 0.25) is 0 Å². The lowest BCUT2D eigenvalue weighted by Crippen LogP contribution is -2.54. The number of nitrogens with one attached hydrogen (secondary N) is 1. The molecule has 0 spiro atoms. The lowest BCUT2D eigenvalue weighted by atomic mass is 9.95. The first-order valence-electron chi connectivity index (χ1n) is 10.5. The molecule has 5 rings (SSSR count). The zero-order valence-corrected chi connectivity index (χ0v) is 18.0. The first kappa shape index (κ1) is 19.4. The molecule has 2 aliphatic heterocycles. The predicted octanol–water partition coefficient (Wildman–Crippen LogP) is 1.83. The Morgan fingerprint density at radius 1 is 1.03 bits per heavy atom. The summed E-state index contributed by atoms with van der Waals surface area (Å²) >= 11 is 5.64. The maximum atomic E-state index is 13.1. The SMILES string of the molecule is O=S(=O)(c1ccc2c(c1)OCCO2)N1CCN(C(=S)N[C@H]2C[C@@H]3CC[C@H]2C3)CC1. The highest BCUT2D eigenvalue weighted by Crippen LogP contribution is 2.44. The molecular weight excluding hydrogens is 410 g/mol. The minimum absolute atomic E-state index is 0.248. The molecule has 2 bridgehead atoms. The van der Waals surface area contributed by atoms with Crippen molar-refractivity contribution in [3.05, 3.63) is 18.2 Å². The van der Waals surface area contributed by atoms with Crippen LogP contribution in [-0.4, -0.2) is 68.2 Å². The zero-order valence-electron chi connectivity index (χ0n) is 16.4. The third-order valence-corrected chi connectivity index (χ3v) is 8.99. The summed E-state index contributed by atoms with van der Waals surface area (Å²) in [5.74, 6) is 2.72. The van der Waals surface area contributed by atoms with Crippen molar-refractivity contribution in [2.45, 2.75) is 36.6 Å². The molecule has 4 aliphatic rings. The molecule has 0 radical (unpaired) electrons. The van der Waals surface area contributed by atoms with Crippen LogP contribution in [-0.2, 0) is 10.0 Å². The number of hydrogen-bond donors (Lipinski definition) is 1. The van der Waals surface area contributed by atoms with Crippen LogP contribution in [0.4, 0.5) is 0 Å². The summed E-state index contributed by atoms with van der Waals surface area (Å²) in [7, 11) is -3.57. The van der Waals surface area contributed by atoms with E-state index in [0.29, 0.717) is 56.9 Å². The van der Waals surface area contributed by atoms with Crippen LogP contribution in [0.25, 0.3) is 0 Å². The van der Waals surface area contributed by atoms with Gasteiger partial charge in [0, 0.05) is 38.3 Å². The normalized spacial score (nSPS) is 29.1. The van der Waals surface area contributed by atoms with Crippen molar-refractivity contribution in [2.75, 3.05) is 39.4 Å². The average Bonchev–Trinajstić information content (AvgIpc) is 3.36. The Morgan fingerprint density at radius 3 is 2.48 bits per heavy atom. The average molecular weight is 438 g/mol. The van der Waals surface area contributed by atoms with Crippen molar-refractivity contribution in [1.82, 2.24) is 14.5 Å². The predicted molar refractivity (Wildman–Crippen MR) is 113 cm³/mol. The summed E-state index contributed by atoms with van der Waals surface area (Å²) < 4.78 is 38.7. The van der Waals surface area contributed by atoms with Gasteiger partial charge in [-0.1, -0.05) is 6.42 Å². The van der Waals surface area contributed by atoms with Crippen molar-refractivity contribution in [3.63, 3.8) is 0 Å². The van der Waals surface area contributed by atoms with E-state index in [1.54, 1.807) is 18.2 Å². The monoisotopic (exact) mass is 437 g/mol. The Bertz CT molecular complexity index is 899. The second kappa shape index (κ2) is 7.59. The van der Waals surface area contributed by atoms with E-state index in [4.69, 9.17) is 21.7 Å². The molecule has 0 amide bonds. The van der Waals surface area contributed by atoms with Crippen molar-refractivity contribution in [2.24, 2.45) is 11.8 Å². The number of fused-ring (bicyclic) bond motifs is 3. The molecule has 1 N–H and O–H groups in total. The lowest BCUT2D eigenvalue weighted by Gasteiger charge is -2.37. The van der Waals surface area contributed by atoms with Gasteiger partial charge in [-0.25, -0.2) is 8.42 Å². The topological polar surface area (TPSA) is 71.1 Å². The molecule has 0 unspecified atom stereocenters. The van der Waals surface area contributed by atoms with E-state index in [2.05, 4.69) is 10.2 Å². The third kappa shape index (κ3) is 3.68. The Morgan fingerprint density at radius 2 is 1.79 bits per heavy atom. The molecule has 3 atom stereocenters. The first-order valence-corrected chi connectivity index (χ1v) is 12.3. The summed E-state index contributed by atoms with van der Waals surface area (Å²) in [6, 6.07) is 5.33. The number of piperazine rings is 1. The van der Waals surface area contributed by atoms with Crippen molar-refractivity contribution in [3.8, 4) is 11.5 Å². The van der Waals surface area contributed by atoms with Gasteiger partial charge in [-0.2, -0.15) is 4.31 Å². The van der Waals surface area contributed by atoms with E-state index in [0.717, 1.165) is 16.9 Å². The molecule has 1 saturated heterocycles. The minimum Gasteiger partial charge on any atom is -0.486 e. The van der Waals surface area contributed by atoms with Gasteiger partial charge in [0.1, 0.15) is 13.2 Å². The molecule has 29 heavy (non-hydrogen) atoms. The quantitative estimate of drug-likeness (QED) is 0.724. The van der Waals surface area contributed by atoms with Gasteiger partial charge in [-0.3, -0.25) is 0 Å². The van der Waals surface area contributed by atoms with E-state index in [1.165, 1.54) is 30.0 Å². The van der Waals surface area contributed by atoms with Crippen LogP contribution in [0.3, 0.4) is 0 Å². The van der Waals surface area contributed by atoms with Gasteiger partial charge < -0.3 is 19.7 Å². The van der Waals surface area contributed by atoms with Crippen molar-refractivity contribution < 1.29 is 17.9 Å². The van der Waals surface area contributed by atoms with Crippen LogP contribution in [0.15, 0.2) is 23.1 Å². The molecule has 2 heterocycles. The first-order chi connectivity index (χ1) is 14.0. The summed E-state index contributed by atoms with van der Waals surface area (Å²) in [5, 5.41) is 4.34. The van der Waals surface area contributed by atoms with Crippen LogP contribution >= 0.6 is 12.2 Å². The van der Waals surface area contributed by atoms with Crippen LogP contribution < -0.4 is 14.8 Å². The van der Waals surface area contributed by atoms with Crippen molar-refractivity contribution in [1.29, 1.82) is 0 Å². The van der Waals surface area contributed by atoms with Gasteiger partial charge >= 0.3 is 0 Å². The Hall–Kier alpha value is -1.58. The molecule has 3 fully saturated rings. The maximum absolute atomic E-state index is 13.1. The minimum atomic E-state index is -3.57. The van der Waals surface area contributed by atoms with E-state index in [9.17, 15) is 8.42 Å².